The van der Waals surface area contributed by atoms with E-state index in [4.69, 9.17) is 28.6 Å². The van der Waals surface area contributed by atoms with Gasteiger partial charge in [-0.3, -0.25) is 0 Å². The molecule has 2 aromatic rings. The molecule has 24 heavy (non-hydrogen) atoms. The van der Waals surface area contributed by atoms with Gasteiger partial charge in [-0.05, 0) is 49.8 Å². The minimum absolute atomic E-state index is 0.325. The Morgan fingerprint density at radius 1 is 1.33 bits per heavy atom. The van der Waals surface area contributed by atoms with E-state index in [-0.39, 0.29) is 5.97 Å². The molecule has 4 nitrogen and oxygen atoms in total. The second-order valence-corrected chi connectivity index (χ2v) is 6.90. The Kier molecular flexibility index (Phi) is 6.60. The van der Waals surface area contributed by atoms with Gasteiger partial charge in [0.1, 0.15) is 4.88 Å². The summed E-state index contributed by atoms with van der Waals surface area (Å²) >= 11 is 12.7. The number of hydrogen-bond donors (Lipinski definition) is 1. The lowest BCUT2D eigenvalue weighted by Gasteiger charge is -2.18. The van der Waals surface area contributed by atoms with Gasteiger partial charge in [0.05, 0.1) is 12.3 Å². The molecular weight excluding hydrogens is 364 g/mol. The summed E-state index contributed by atoms with van der Waals surface area (Å²) in [4.78, 5) is 15.6. The van der Waals surface area contributed by atoms with Crippen molar-refractivity contribution in [2.45, 2.75) is 13.8 Å². The van der Waals surface area contributed by atoms with Crippen LogP contribution in [0, 0.1) is 0 Å². The van der Waals surface area contributed by atoms with Gasteiger partial charge in [0, 0.05) is 23.5 Å². The predicted molar refractivity (Wildman–Crippen MR) is 105 cm³/mol. The number of benzene rings is 1. The predicted octanol–water partition coefficient (Wildman–Crippen LogP) is 4.89. The van der Waals surface area contributed by atoms with Crippen molar-refractivity contribution in [3.05, 3.63) is 40.2 Å². The van der Waals surface area contributed by atoms with Gasteiger partial charge < -0.3 is 15.0 Å². The molecule has 0 spiro atoms. The van der Waals surface area contributed by atoms with Crippen LogP contribution < -0.4 is 5.32 Å². The number of carbonyl (C=O) groups excluding carboxylic acids is 1. The van der Waals surface area contributed by atoms with Crippen LogP contribution in [0.2, 0.25) is 5.02 Å². The quantitative estimate of drug-likeness (QED) is 0.588. The number of thiocarbonyl (C=S) groups is 1. The zero-order chi connectivity index (χ0) is 17.7. The van der Waals surface area contributed by atoms with Gasteiger partial charge in [0.15, 0.2) is 5.11 Å². The summed E-state index contributed by atoms with van der Waals surface area (Å²) in [7, 11) is 1.89. The Bertz CT molecular complexity index is 729. The maximum Gasteiger partial charge on any atom is 0.350 e. The topological polar surface area (TPSA) is 41.6 Å². The smallest absolute Gasteiger partial charge is 0.350 e. The Labute approximate surface area is 156 Å². The Morgan fingerprint density at radius 3 is 2.58 bits per heavy atom. The van der Waals surface area contributed by atoms with Crippen molar-refractivity contribution < 1.29 is 9.53 Å². The highest BCUT2D eigenvalue weighted by molar-refractivity contribution is 7.80. The minimum atomic E-state index is -0.354. The summed E-state index contributed by atoms with van der Waals surface area (Å²) in [5, 5.41) is 4.37. The Morgan fingerprint density at radius 2 is 2.00 bits per heavy atom. The zero-order valence-corrected chi connectivity index (χ0v) is 16.1. The molecule has 0 atom stereocenters. The fourth-order valence-corrected chi connectivity index (χ4v) is 3.32. The van der Waals surface area contributed by atoms with Gasteiger partial charge in [-0.2, -0.15) is 0 Å². The normalized spacial score (nSPS) is 10.3. The van der Waals surface area contributed by atoms with Gasteiger partial charge in [0.25, 0.3) is 0 Å². The second kappa shape index (κ2) is 8.46. The molecule has 2 rings (SSSR count). The molecule has 1 heterocycles. The highest BCUT2D eigenvalue weighted by Crippen LogP contribution is 2.36. The van der Waals surface area contributed by atoms with Crippen molar-refractivity contribution >= 4 is 51.9 Å². The first-order valence-electron chi connectivity index (χ1n) is 7.55. The van der Waals surface area contributed by atoms with E-state index in [1.165, 1.54) is 11.3 Å². The maximum atomic E-state index is 12.3. The van der Waals surface area contributed by atoms with Crippen molar-refractivity contribution in [1.29, 1.82) is 0 Å². The zero-order valence-electron chi connectivity index (χ0n) is 13.8. The highest BCUT2D eigenvalue weighted by Gasteiger charge is 2.19. The summed E-state index contributed by atoms with van der Waals surface area (Å²) in [6, 6.07) is 9.40. The molecule has 0 radical (unpaired) electrons. The lowest BCUT2D eigenvalue weighted by atomic mass is 10.2. The van der Waals surface area contributed by atoms with E-state index in [9.17, 15) is 4.79 Å². The third-order valence-electron chi connectivity index (χ3n) is 3.38. The molecule has 1 aromatic heterocycles. The molecular formula is C17H19ClN2O2S2. The first kappa shape index (κ1) is 18.7. The molecule has 128 valence electrons. The van der Waals surface area contributed by atoms with Gasteiger partial charge in [-0.25, -0.2) is 4.79 Å². The van der Waals surface area contributed by atoms with Crippen LogP contribution in [-0.4, -0.2) is 36.2 Å². The number of thiophene rings is 1. The summed E-state index contributed by atoms with van der Waals surface area (Å²) in [6.07, 6.45) is 0. The molecule has 0 amide bonds. The molecule has 0 saturated heterocycles. The summed E-state index contributed by atoms with van der Waals surface area (Å²) in [6.45, 7) is 4.89. The van der Waals surface area contributed by atoms with Crippen LogP contribution in [0.4, 0.5) is 5.69 Å². The number of rotatable bonds is 5. The van der Waals surface area contributed by atoms with Gasteiger partial charge in [-0.1, -0.05) is 23.7 Å². The number of nitrogens with one attached hydrogen (secondary N) is 1. The largest absolute Gasteiger partial charge is 0.462 e. The second-order valence-electron chi connectivity index (χ2n) is 5.03. The van der Waals surface area contributed by atoms with Crippen LogP contribution in [-0.2, 0) is 4.74 Å². The molecule has 0 saturated carbocycles. The van der Waals surface area contributed by atoms with E-state index in [1.54, 1.807) is 6.92 Å². The van der Waals surface area contributed by atoms with Crippen molar-refractivity contribution in [3.63, 3.8) is 0 Å². The lowest BCUT2D eigenvalue weighted by Crippen LogP contribution is -2.31. The first-order valence-corrected chi connectivity index (χ1v) is 9.15. The summed E-state index contributed by atoms with van der Waals surface area (Å²) in [5.41, 5.74) is 1.64. The average molecular weight is 383 g/mol. The fraction of sp³-hybridized carbons (Fsp3) is 0.294. The van der Waals surface area contributed by atoms with Crippen LogP contribution >= 0.6 is 35.2 Å². The summed E-state index contributed by atoms with van der Waals surface area (Å²) in [5.74, 6) is -0.354. The monoisotopic (exact) mass is 382 g/mol. The van der Waals surface area contributed by atoms with E-state index in [0.717, 1.165) is 17.0 Å². The molecule has 0 bridgehead atoms. The number of ether oxygens (including phenoxy) is 1. The number of hydrogen-bond acceptors (Lipinski definition) is 4. The van der Waals surface area contributed by atoms with Crippen LogP contribution in [0.15, 0.2) is 30.3 Å². The van der Waals surface area contributed by atoms with Gasteiger partial charge in [0.2, 0.25) is 0 Å². The molecule has 1 aromatic carbocycles. The SMILES string of the molecule is CCOC(=O)c1sc(-c2ccc(Cl)cc2)cc1NC(=S)N(C)CC. The maximum absolute atomic E-state index is 12.3. The van der Waals surface area contributed by atoms with E-state index < -0.39 is 0 Å². The Hall–Kier alpha value is -1.63. The average Bonchev–Trinajstić information content (AvgIpc) is 2.98. The lowest BCUT2D eigenvalue weighted by molar-refractivity contribution is 0.0533. The van der Waals surface area contributed by atoms with E-state index in [2.05, 4.69) is 5.32 Å². The standard InChI is InChI=1S/C17H19ClN2O2S2/c1-4-20(3)17(23)19-13-10-14(11-6-8-12(18)9-7-11)24-15(13)16(21)22-5-2/h6-10H,4-5H2,1-3H3,(H,19,23). The van der Waals surface area contributed by atoms with E-state index >= 15 is 0 Å². The Balaban J connectivity index is 2.37. The number of carbonyl (C=O) groups is 1. The van der Waals surface area contributed by atoms with Crippen LogP contribution in [0.3, 0.4) is 0 Å². The number of nitrogens with zero attached hydrogens (tertiary/aromatic N) is 1. The highest BCUT2D eigenvalue weighted by atomic mass is 35.5. The van der Waals surface area contributed by atoms with Crippen molar-refractivity contribution in [2.75, 3.05) is 25.5 Å². The third kappa shape index (κ3) is 4.47. The summed E-state index contributed by atoms with van der Waals surface area (Å²) < 4.78 is 5.16. The number of halogens is 1. The van der Waals surface area contributed by atoms with Crippen molar-refractivity contribution in [2.24, 2.45) is 0 Å². The van der Waals surface area contributed by atoms with Crippen LogP contribution in [0.5, 0.6) is 0 Å². The first-order chi connectivity index (χ1) is 11.5. The third-order valence-corrected chi connectivity index (χ3v) is 5.21. The van der Waals surface area contributed by atoms with Crippen molar-refractivity contribution in [3.8, 4) is 10.4 Å². The van der Waals surface area contributed by atoms with Crippen LogP contribution in [0.25, 0.3) is 10.4 Å². The number of esters is 1. The molecule has 1 N–H and O–H groups in total. The minimum Gasteiger partial charge on any atom is -0.462 e. The van der Waals surface area contributed by atoms with Gasteiger partial charge in [-0.15, -0.1) is 11.3 Å². The van der Waals surface area contributed by atoms with E-state index in [1.807, 2.05) is 49.2 Å². The molecule has 0 fully saturated rings. The molecule has 0 aliphatic heterocycles. The van der Waals surface area contributed by atoms with Crippen molar-refractivity contribution in [1.82, 2.24) is 4.90 Å². The molecule has 0 unspecified atom stereocenters. The molecule has 0 aliphatic rings. The number of anilines is 1. The van der Waals surface area contributed by atoms with Gasteiger partial charge >= 0.3 is 5.97 Å². The van der Waals surface area contributed by atoms with Crippen LogP contribution in [0.1, 0.15) is 23.5 Å². The van der Waals surface area contributed by atoms with E-state index in [0.29, 0.717) is 27.3 Å². The molecule has 0 aliphatic carbocycles. The molecule has 7 heteroatoms. The fourth-order valence-electron chi connectivity index (χ4n) is 1.94.